The molecule has 1 N–H and O–H groups in total. The van der Waals surface area contributed by atoms with Crippen molar-refractivity contribution in [2.24, 2.45) is 0 Å². The standard InChI is InChI=1S/C51H61NO9Si/c1-8-58-62(59-9-2,60-10-3)37-15-35-52-49(55)57-36-14-34-50(5,41-22-18-39(19-23-41)38(4)53)42-26-32-47(33-27-42)61-48(54)40-20-24-44(25-21-40)51(6,43-16-12-11-13-17-43)45-28-30-46(56-7)31-29-45/h11-13,16-33H,8-10,14-15,34-37H2,1-7H3,(H,52,55). The smallest absolute Gasteiger partial charge is 0.497 e. The molecule has 0 aromatic heterocycles. The fourth-order valence-electron chi connectivity index (χ4n) is 7.86. The highest BCUT2D eigenvalue weighted by molar-refractivity contribution is 6.60. The number of carbonyl (C=O) groups excluding carboxylic acids is 3. The number of hydrogen-bond acceptors (Lipinski definition) is 9. The molecule has 0 saturated carbocycles. The number of esters is 1. The molecule has 5 rings (SSSR count). The van der Waals surface area contributed by atoms with Crippen LogP contribution in [0.2, 0.25) is 6.04 Å². The second kappa shape index (κ2) is 22.5. The van der Waals surface area contributed by atoms with Gasteiger partial charge < -0.3 is 32.8 Å². The topological polar surface area (TPSA) is 119 Å². The zero-order chi connectivity index (χ0) is 44.6. The van der Waals surface area contributed by atoms with Crippen molar-refractivity contribution in [3.63, 3.8) is 0 Å². The van der Waals surface area contributed by atoms with Crippen LogP contribution in [0.15, 0.2) is 127 Å². The summed E-state index contributed by atoms with van der Waals surface area (Å²) < 4.78 is 34.6. The van der Waals surface area contributed by atoms with Crippen LogP contribution in [0, 0.1) is 0 Å². The average molecular weight is 860 g/mol. The summed E-state index contributed by atoms with van der Waals surface area (Å²) in [5.74, 6) is 0.716. The van der Waals surface area contributed by atoms with Crippen LogP contribution in [-0.4, -0.2) is 66.7 Å². The van der Waals surface area contributed by atoms with Crippen LogP contribution >= 0.6 is 0 Å². The number of ketones is 1. The average Bonchev–Trinajstić information content (AvgIpc) is 3.30. The lowest BCUT2D eigenvalue weighted by molar-refractivity contribution is 0.0704. The van der Waals surface area contributed by atoms with Crippen LogP contribution in [0.3, 0.4) is 0 Å². The summed E-state index contributed by atoms with van der Waals surface area (Å²) in [4.78, 5) is 38.2. The van der Waals surface area contributed by atoms with Crippen molar-refractivity contribution in [2.45, 2.75) is 77.7 Å². The highest BCUT2D eigenvalue weighted by Crippen LogP contribution is 2.40. The van der Waals surface area contributed by atoms with Crippen LogP contribution in [0.25, 0.3) is 0 Å². The highest BCUT2D eigenvalue weighted by atomic mass is 28.4. The van der Waals surface area contributed by atoms with Crippen LogP contribution in [0.1, 0.15) is 109 Å². The number of methoxy groups -OCH3 is 1. The molecule has 10 nitrogen and oxygen atoms in total. The van der Waals surface area contributed by atoms with Gasteiger partial charge in [0.1, 0.15) is 11.5 Å². The molecule has 0 spiro atoms. The zero-order valence-corrected chi connectivity index (χ0v) is 38.2. The molecule has 328 valence electrons. The molecule has 0 aliphatic rings. The first kappa shape index (κ1) is 47.5. The Morgan fingerprint density at radius 2 is 1.08 bits per heavy atom. The Balaban J connectivity index is 1.24. The van der Waals surface area contributed by atoms with Gasteiger partial charge in [-0.2, -0.15) is 0 Å². The number of benzene rings is 5. The van der Waals surface area contributed by atoms with Crippen molar-refractivity contribution in [3.05, 3.63) is 166 Å². The van der Waals surface area contributed by atoms with Crippen molar-refractivity contribution in [3.8, 4) is 11.5 Å². The van der Waals surface area contributed by atoms with Crippen molar-refractivity contribution >= 4 is 26.7 Å². The van der Waals surface area contributed by atoms with E-state index in [1.807, 2.05) is 99.6 Å². The fourth-order valence-corrected chi connectivity index (χ4v) is 10.5. The van der Waals surface area contributed by atoms with Crippen molar-refractivity contribution in [1.82, 2.24) is 5.32 Å². The summed E-state index contributed by atoms with van der Waals surface area (Å²) in [5, 5.41) is 2.84. The van der Waals surface area contributed by atoms with Gasteiger partial charge in [-0.25, -0.2) is 9.59 Å². The molecule has 11 heteroatoms. The number of ether oxygens (including phenoxy) is 3. The number of amides is 1. The summed E-state index contributed by atoms with van der Waals surface area (Å²) >= 11 is 0. The summed E-state index contributed by atoms with van der Waals surface area (Å²) in [5.41, 5.74) is 5.26. The molecule has 2 unspecified atom stereocenters. The minimum absolute atomic E-state index is 0.0115. The van der Waals surface area contributed by atoms with E-state index in [-0.39, 0.29) is 12.4 Å². The molecular weight excluding hydrogens is 799 g/mol. The molecule has 0 aliphatic heterocycles. The van der Waals surface area contributed by atoms with E-state index in [1.165, 1.54) is 0 Å². The van der Waals surface area contributed by atoms with Gasteiger partial charge in [0.15, 0.2) is 5.78 Å². The quantitative estimate of drug-likeness (QED) is 0.0171. The summed E-state index contributed by atoms with van der Waals surface area (Å²) in [7, 11) is -1.14. The number of rotatable bonds is 23. The van der Waals surface area contributed by atoms with Gasteiger partial charge in [0, 0.05) is 48.8 Å². The summed E-state index contributed by atoms with van der Waals surface area (Å²) in [6, 6.07) is 41.6. The molecule has 1 amide bonds. The Bertz CT molecular complexity index is 2160. The Morgan fingerprint density at radius 1 is 0.597 bits per heavy atom. The van der Waals surface area contributed by atoms with Crippen LogP contribution < -0.4 is 14.8 Å². The van der Waals surface area contributed by atoms with E-state index in [2.05, 4.69) is 43.4 Å². The van der Waals surface area contributed by atoms with Gasteiger partial charge in [0.25, 0.3) is 0 Å². The lowest BCUT2D eigenvalue weighted by atomic mass is 9.71. The number of Topliss-reactive ketones (excluding diaryl/α,β-unsaturated/α-hetero) is 1. The number of carbonyl (C=O) groups is 3. The third-order valence-corrected chi connectivity index (χ3v) is 14.6. The largest absolute Gasteiger partial charge is 0.500 e. The maximum Gasteiger partial charge on any atom is 0.500 e. The third kappa shape index (κ3) is 11.9. The van der Waals surface area contributed by atoms with Gasteiger partial charge in [0.2, 0.25) is 0 Å². The van der Waals surface area contributed by atoms with Gasteiger partial charge >= 0.3 is 20.9 Å². The molecule has 0 fully saturated rings. The van der Waals surface area contributed by atoms with Gasteiger partial charge in [-0.1, -0.05) is 97.9 Å². The minimum atomic E-state index is -2.79. The molecule has 0 radical (unpaired) electrons. The van der Waals surface area contributed by atoms with Gasteiger partial charge in [-0.05, 0) is 118 Å². The molecule has 0 heterocycles. The van der Waals surface area contributed by atoms with E-state index in [9.17, 15) is 14.4 Å². The van der Waals surface area contributed by atoms with Gasteiger partial charge in [0.05, 0.1) is 19.3 Å². The van der Waals surface area contributed by atoms with Gasteiger partial charge in [-0.3, -0.25) is 4.79 Å². The Morgan fingerprint density at radius 3 is 1.61 bits per heavy atom. The maximum atomic E-state index is 13.5. The minimum Gasteiger partial charge on any atom is -0.497 e. The SMILES string of the molecule is CCO[Si](CCCNC(=O)OCCCC(C)(c1ccc(OC(=O)c2ccc(C(C)(c3ccccc3)c3ccc(OC)cc3)cc2)cc1)c1ccc(C(C)=O)cc1)(OCC)OCC. The predicted molar refractivity (Wildman–Crippen MR) is 244 cm³/mol. The second-order valence-electron chi connectivity index (χ2n) is 15.4. The van der Waals surface area contributed by atoms with E-state index in [0.717, 1.165) is 33.6 Å². The van der Waals surface area contributed by atoms with E-state index in [1.54, 1.807) is 38.3 Å². The summed E-state index contributed by atoms with van der Waals surface area (Å²) in [6.45, 7) is 13.7. The first-order chi connectivity index (χ1) is 29.9. The first-order valence-electron chi connectivity index (χ1n) is 21.5. The molecule has 62 heavy (non-hydrogen) atoms. The second-order valence-corrected chi connectivity index (χ2v) is 18.2. The lowest BCUT2D eigenvalue weighted by Crippen LogP contribution is -2.46. The van der Waals surface area contributed by atoms with Gasteiger partial charge in [-0.15, -0.1) is 0 Å². The lowest BCUT2D eigenvalue weighted by Gasteiger charge is -2.32. The van der Waals surface area contributed by atoms with E-state index in [0.29, 0.717) is 68.5 Å². The molecule has 0 aliphatic carbocycles. The molecule has 5 aromatic carbocycles. The highest BCUT2D eigenvalue weighted by Gasteiger charge is 2.39. The number of nitrogens with one attached hydrogen (secondary N) is 1. The van der Waals surface area contributed by atoms with E-state index >= 15 is 0 Å². The Kier molecular flexibility index (Phi) is 17.2. The van der Waals surface area contributed by atoms with E-state index in [4.69, 9.17) is 27.5 Å². The number of hydrogen-bond donors (Lipinski definition) is 1. The molecule has 0 bridgehead atoms. The first-order valence-corrected chi connectivity index (χ1v) is 23.4. The van der Waals surface area contributed by atoms with Crippen molar-refractivity contribution in [2.75, 3.05) is 40.1 Å². The van der Waals surface area contributed by atoms with Crippen molar-refractivity contribution < 1.29 is 41.9 Å². The monoisotopic (exact) mass is 859 g/mol. The Hall–Kier alpha value is -5.59. The van der Waals surface area contributed by atoms with E-state index < -0.39 is 31.7 Å². The molecular formula is C51H61NO9Si. The fraction of sp³-hybridized carbons (Fsp3) is 0.353. The zero-order valence-electron chi connectivity index (χ0n) is 37.2. The predicted octanol–water partition coefficient (Wildman–Crippen LogP) is 10.7. The number of alkyl carbamates (subject to hydrolysis) is 1. The van der Waals surface area contributed by atoms with Crippen molar-refractivity contribution in [1.29, 1.82) is 0 Å². The van der Waals surface area contributed by atoms with Crippen LogP contribution in [0.4, 0.5) is 4.79 Å². The normalized spacial score (nSPS) is 13.3. The molecule has 2 atom stereocenters. The maximum absolute atomic E-state index is 13.5. The molecule has 0 saturated heterocycles. The molecule has 5 aromatic rings. The van der Waals surface area contributed by atoms with Crippen LogP contribution in [0.5, 0.6) is 11.5 Å². The summed E-state index contributed by atoms with van der Waals surface area (Å²) in [6.07, 6.45) is 1.35. The van der Waals surface area contributed by atoms with Crippen LogP contribution in [-0.2, 0) is 28.8 Å². The Labute approximate surface area is 368 Å². The third-order valence-electron chi connectivity index (χ3n) is 11.4.